The second-order valence-corrected chi connectivity index (χ2v) is 6.66. The van der Waals surface area contributed by atoms with Gasteiger partial charge in [-0.1, -0.05) is 6.92 Å². The van der Waals surface area contributed by atoms with E-state index in [1.807, 2.05) is 12.4 Å². The van der Waals surface area contributed by atoms with E-state index in [9.17, 15) is 0 Å². The summed E-state index contributed by atoms with van der Waals surface area (Å²) in [6, 6.07) is 0. The molecule has 0 aromatic carbocycles. The number of rotatable bonds is 3. The van der Waals surface area contributed by atoms with Gasteiger partial charge in [-0.25, -0.2) is 9.97 Å². The van der Waals surface area contributed by atoms with E-state index >= 15 is 0 Å². The highest BCUT2D eigenvalue weighted by molar-refractivity contribution is 5.30. The summed E-state index contributed by atoms with van der Waals surface area (Å²) in [5.41, 5.74) is 1.27. The number of nitrogens with one attached hydrogen (secondary N) is 1. The molecule has 1 N–H and O–H groups in total. The SMILES string of the molecule is CC1CCN(c2ncc(CNC(C)(C)C)cn2)CC1. The highest BCUT2D eigenvalue weighted by atomic mass is 15.2. The molecule has 1 aliphatic heterocycles. The fourth-order valence-electron chi connectivity index (χ4n) is 2.18. The number of hydrogen-bond acceptors (Lipinski definition) is 4. The molecule has 0 aliphatic carbocycles. The van der Waals surface area contributed by atoms with Crippen LogP contribution in [-0.4, -0.2) is 28.6 Å². The maximum Gasteiger partial charge on any atom is 0.225 e. The zero-order chi connectivity index (χ0) is 13.9. The van der Waals surface area contributed by atoms with Gasteiger partial charge in [0.15, 0.2) is 0 Å². The second kappa shape index (κ2) is 5.87. The summed E-state index contributed by atoms with van der Waals surface area (Å²) in [7, 11) is 0. The molecule has 0 bridgehead atoms. The van der Waals surface area contributed by atoms with Gasteiger partial charge >= 0.3 is 0 Å². The Morgan fingerprint density at radius 3 is 2.32 bits per heavy atom. The van der Waals surface area contributed by atoms with Gasteiger partial charge in [0.2, 0.25) is 5.95 Å². The van der Waals surface area contributed by atoms with Gasteiger partial charge in [0.25, 0.3) is 0 Å². The number of hydrogen-bond donors (Lipinski definition) is 1. The molecule has 1 saturated heterocycles. The molecule has 1 aliphatic rings. The zero-order valence-corrected chi connectivity index (χ0v) is 12.6. The molecule has 0 atom stereocenters. The van der Waals surface area contributed by atoms with E-state index in [0.29, 0.717) is 0 Å². The Balaban J connectivity index is 1.91. The van der Waals surface area contributed by atoms with Crippen molar-refractivity contribution in [3.8, 4) is 0 Å². The Bertz CT molecular complexity index is 386. The van der Waals surface area contributed by atoms with E-state index in [1.54, 1.807) is 0 Å². The van der Waals surface area contributed by atoms with Crippen molar-refractivity contribution in [2.75, 3.05) is 18.0 Å². The monoisotopic (exact) mass is 262 g/mol. The van der Waals surface area contributed by atoms with Crippen LogP contribution >= 0.6 is 0 Å². The maximum atomic E-state index is 4.50. The Morgan fingerprint density at radius 1 is 1.21 bits per heavy atom. The molecule has 2 heterocycles. The fraction of sp³-hybridized carbons (Fsp3) is 0.733. The molecule has 106 valence electrons. The first-order valence-corrected chi connectivity index (χ1v) is 7.25. The van der Waals surface area contributed by atoms with Crippen molar-refractivity contribution in [1.82, 2.24) is 15.3 Å². The predicted octanol–water partition coefficient (Wildman–Crippen LogP) is 2.60. The van der Waals surface area contributed by atoms with E-state index in [4.69, 9.17) is 0 Å². The topological polar surface area (TPSA) is 41.1 Å². The molecular weight excluding hydrogens is 236 g/mol. The highest BCUT2D eigenvalue weighted by Gasteiger charge is 2.17. The van der Waals surface area contributed by atoms with E-state index < -0.39 is 0 Å². The third-order valence-electron chi connectivity index (χ3n) is 3.58. The van der Waals surface area contributed by atoms with Crippen molar-refractivity contribution in [3.05, 3.63) is 18.0 Å². The summed E-state index contributed by atoms with van der Waals surface area (Å²) in [5.74, 6) is 1.72. The molecule has 0 unspecified atom stereocenters. The maximum absolute atomic E-state index is 4.50. The van der Waals surface area contributed by atoms with Crippen LogP contribution in [0.4, 0.5) is 5.95 Å². The molecule has 0 spiro atoms. The van der Waals surface area contributed by atoms with Crippen LogP contribution in [0.15, 0.2) is 12.4 Å². The first-order chi connectivity index (χ1) is 8.94. The van der Waals surface area contributed by atoms with Crippen molar-refractivity contribution in [2.45, 2.75) is 52.6 Å². The van der Waals surface area contributed by atoms with Crippen LogP contribution in [0.3, 0.4) is 0 Å². The van der Waals surface area contributed by atoms with E-state index in [1.165, 1.54) is 12.8 Å². The smallest absolute Gasteiger partial charge is 0.225 e. The first kappa shape index (κ1) is 14.3. The molecule has 0 amide bonds. The average molecular weight is 262 g/mol. The minimum absolute atomic E-state index is 0.127. The van der Waals surface area contributed by atoms with E-state index in [0.717, 1.165) is 37.1 Å². The van der Waals surface area contributed by atoms with Crippen LogP contribution in [0.2, 0.25) is 0 Å². The number of nitrogens with zero attached hydrogens (tertiary/aromatic N) is 3. The van der Waals surface area contributed by atoms with Crippen LogP contribution in [0.1, 0.15) is 46.1 Å². The van der Waals surface area contributed by atoms with Crippen molar-refractivity contribution in [2.24, 2.45) is 5.92 Å². The van der Waals surface area contributed by atoms with Crippen LogP contribution in [0.5, 0.6) is 0 Å². The number of anilines is 1. The van der Waals surface area contributed by atoms with Crippen LogP contribution in [0, 0.1) is 5.92 Å². The minimum Gasteiger partial charge on any atom is -0.341 e. The highest BCUT2D eigenvalue weighted by Crippen LogP contribution is 2.19. The van der Waals surface area contributed by atoms with Crippen molar-refractivity contribution < 1.29 is 0 Å². The molecule has 4 heteroatoms. The summed E-state index contributed by atoms with van der Waals surface area (Å²) in [5, 5.41) is 3.45. The lowest BCUT2D eigenvalue weighted by Gasteiger charge is -2.30. The molecule has 1 aromatic rings. The first-order valence-electron chi connectivity index (χ1n) is 7.25. The molecule has 1 fully saturated rings. The fourth-order valence-corrected chi connectivity index (χ4v) is 2.18. The molecule has 0 radical (unpaired) electrons. The quantitative estimate of drug-likeness (QED) is 0.909. The zero-order valence-electron chi connectivity index (χ0n) is 12.6. The standard InChI is InChI=1S/C15H26N4/c1-12-5-7-19(8-6-12)14-16-9-13(10-17-14)11-18-15(2,3)4/h9-10,12,18H,5-8,11H2,1-4H3. The Kier molecular flexibility index (Phi) is 4.40. The molecule has 0 saturated carbocycles. The summed E-state index contributed by atoms with van der Waals surface area (Å²) in [6.07, 6.45) is 6.38. The van der Waals surface area contributed by atoms with Gasteiger partial charge in [0, 0.05) is 43.1 Å². The molecular formula is C15H26N4. The lowest BCUT2D eigenvalue weighted by molar-refractivity contribution is 0.423. The average Bonchev–Trinajstić information content (AvgIpc) is 2.37. The lowest BCUT2D eigenvalue weighted by atomic mass is 10.00. The van der Waals surface area contributed by atoms with Gasteiger partial charge < -0.3 is 10.2 Å². The summed E-state index contributed by atoms with van der Waals surface area (Å²) >= 11 is 0. The van der Waals surface area contributed by atoms with Crippen molar-refractivity contribution >= 4 is 5.95 Å². The molecule has 19 heavy (non-hydrogen) atoms. The van der Waals surface area contributed by atoms with Gasteiger partial charge in [-0.05, 0) is 39.5 Å². The van der Waals surface area contributed by atoms with Crippen LogP contribution in [-0.2, 0) is 6.54 Å². The minimum atomic E-state index is 0.127. The molecule has 2 rings (SSSR count). The molecule has 1 aromatic heterocycles. The van der Waals surface area contributed by atoms with Gasteiger partial charge in [-0.3, -0.25) is 0 Å². The Morgan fingerprint density at radius 2 is 1.79 bits per heavy atom. The number of aromatic nitrogens is 2. The van der Waals surface area contributed by atoms with Gasteiger partial charge in [-0.15, -0.1) is 0 Å². The largest absolute Gasteiger partial charge is 0.341 e. The van der Waals surface area contributed by atoms with Crippen molar-refractivity contribution in [3.63, 3.8) is 0 Å². The third-order valence-corrected chi connectivity index (χ3v) is 3.58. The Hall–Kier alpha value is -1.16. The van der Waals surface area contributed by atoms with Crippen LogP contribution in [0.25, 0.3) is 0 Å². The Labute approximate surface area is 116 Å². The number of piperidine rings is 1. The summed E-state index contributed by atoms with van der Waals surface area (Å²) in [4.78, 5) is 11.3. The molecule has 4 nitrogen and oxygen atoms in total. The van der Waals surface area contributed by atoms with Crippen molar-refractivity contribution in [1.29, 1.82) is 0 Å². The third kappa shape index (κ3) is 4.46. The normalized spacial score (nSPS) is 17.8. The predicted molar refractivity (Wildman–Crippen MR) is 79.2 cm³/mol. The van der Waals surface area contributed by atoms with E-state index in [-0.39, 0.29) is 5.54 Å². The van der Waals surface area contributed by atoms with Crippen LogP contribution < -0.4 is 10.2 Å². The summed E-state index contributed by atoms with van der Waals surface area (Å²) in [6.45, 7) is 11.8. The van der Waals surface area contributed by atoms with E-state index in [2.05, 4.69) is 47.9 Å². The van der Waals surface area contributed by atoms with Gasteiger partial charge in [0.1, 0.15) is 0 Å². The lowest BCUT2D eigenvalue weighted by Crippen LogP contribution is -2.35. The van der Waals surface area contributed by atoms with Gasteiger partial charge in [-0.2, -0.15) is 0 Å². The van der Waals surface area contributed by atoms with Gasteiger partial charge in [0.05, 0.1) is 0 Å². The summed E-state index contributed by atoms with van der Waals surface area (Å²) < 4.78 is 0. The second-order valence-electron chi connectivity index (χ2n) is 6.66.